The van der Waals surface area contributed by atoms with E-state index in [2.05, 4.69) is 0 Å². The van der Waals surface area contributed by atoms with Crippen molar-refractivity contribution in [2.24, 2.45) is 28.3 Å². The highest BCUT2D eigenvalue weighted by Gasteiger charge is 2.56. The van der Waals surface area contributed by atoms with E-state index in [1.54, 1.807) is 28.9 Å². The van der Waals surface area contributed by atoms with Crippen LogP contribution in [0, 0.1) is 16.7 Å². The van der Waals surface area contributed by atoms with E-state index in [9.17, 15) is 23.2 Å². The molecule has 2 aliphatic heterocycles. The number of carbonyl (C=O) groups excluding carboxylic acids is 3. The highest BCUT2D eigenvalue weighted by molar-refractivity contribution is 6.31. The second-order valence-electron chi connectivity index (χ2n) is 12.3. The Morgan fingerprint density at radius 1 is 1.26 bits per heavy atom. The lowest BCUT2D eigenvalue weighted by Crippen LogP contribution is -2.54. The number of hydrazine groups is 1. The maximum Gasteiger partial charge on any atom is 0.312 e. The van der Waals surface area contributed by atoms with Crippen molar-refractivity contribution in [3.8, 4) is 5.75 Å². The maximum absolute atomic E-state index is 14.5. The third-order valence-electron chi connectivity index (χ3n) is 9.40. The fraction of sp³-hybridized carbons (Fsp3) is 0.567. The molecule has 234 valence electrons. The molecule has 43 heavy (non-hydrogen) atoms. The molecule has 1 unspecified atom stereocenters. The Morgan fingerprint density at radius 3 is 2.58 bits per heavy atom. The number of hydrogen-bond acceptors (Lipinski definition) is 8. The molecule has 2 fully saturated rings. The van der Waals surface area contributed by atoms with Crippen LogP contribution in [0.25, 0.3) is 0 Å². The van der Waals surface area contributed by atoms with Gasteiger partial charge in [0.15, 0.2) is 0 Å². The predicted octanol–water partition coefficient (Wildman–Crippen LogP) is 3.50. The molecule has 1 aromatic rings. The number of methoxy groups -OCH3 is 1. The Morgan fingerprint density at radius 2 is 1.98 bits per heavy atom. The van der Waals surface area contributed by atoms with Gasteiger partial charge in [-0.15, -0.1) is 0 Å². The number of nitrogens with zero attached hydrogens (tertiary/aromatic N) is 3. The van der Waals surface area contributed by atoms with Crippen molar-refractivity contribution in [3.63, 3.8) is 0 Å². The Bertz CT molecular complexity index is 1370. The molecule has 0 radical (unpaired) electrons. The molecule has 2 heterocycles. The molecule has 1 aromatic carbocycles. The van der Waals surface area contributed by atoms with E-state index in [0.717, 1.165) is 17.9 Å². The van der Waals surface area contributed by atoms with Gasteiger partial charge < -0.3 is 30.0 Å². The molecule has 13 heteroatoms. The summed E-state index contributed by atoms with van der Waals surface area (Å²) in [6, 6.07) is 3.24. The molecule has 3 atom stereocenters. The number of allylic oxidation sites excluding steroid dienone is 3. The second-order valence-corrected chi connectivity index (χ2v) is 12.7. The molecular formula is C30H38ClF2N5O5. The van der Waals surface area contributed by atoms with Gasteiger partial charge in [0.1, 0.15) is 24.2 Å². The van der Waals surface area contributed by atoms with Gasteiger partial charge in [0.2, 0.25) is 11.8 Å². The van der Waals surface area contributed by atoms with Crippen LogP contribution in [0.1, 0.15) is 56.3 Å². The number of hydrogen-bond donors (Lipinski definition) is 2. The van der Waals surface area contributed by atoms with Gasteiger partial charge in [0.25, 0.3) is 6.43 Å². The van der Waals surface area contributed by atoms with Crippen LogP contribution in [0.3, 0.4) is 0 Å². The number of likely N-dealkylation sites (tertiary alicyclic amines) is 1. The van der Waals surface area contributed by atoms with E-state index in [1.807, 2.05) is 12.2 Å². The van der Waals surface area contributed by atoms with Crippen LogP contribution >= 0.6 is 11.6 Å². The average molecular weight is 622 g/mol. The molecule has 1 spiro atoms. The zero-order chi connectivity index (χ0) is 31.3. The Hall–Kier alpha value is -3.38. The summed E-state index contributed by atoms with van der Waals surface area (Å²) in [5.41, 5.74) is 5.14. The van der Waals surface area contributed by atoms with Crippen molar-refractivity contribution in [3.05, 3.63) is 51.8 Å². The number of rotatable bonds is 8. The molecule has 0 bridgehead atoms. The largest absolute Gasteiger partial charge is 0.487 e. The average Bonchev–Trinajstić information content (AvgIpc) is 3.64. The van der Waals surface area contributed by atoms with E-state index in [4.69, 9.17) is 32.7 Å². The maximum atomic E-state index is 14.5. The van der Waals surface area contributed by atoms with Gasteiger partial charge >= 0.3 is 5.97 Å². The zero-order valence-electron chi connectivity index (χ0n) is 24.6. The minimum absolute atomic E-state index is 0.0949. The van der Waals surface area contributed by atoms with Crippen molar-refractivity contribution in [2.75, 3.05) is 33.9 Å². The minimum atomic E-state index is -2.93. The summed E-state index contributed by atoms with van der Waals surface area (Å²) in [6.07, 6.45) is 3.20. The Kier molecular flexibility index (Phi) is 8.38. The number of fused-ring (bicyclic) bond motifs is 1. The Labute approximate surface area is 254 Å². The highest BCUT2D eigenvalue weighted by atomic mass is 35.5. The molecule has 5 rings (SSSR count). The standard InChI is InChI=1S/C30H38ClF2N5O5/c1-29(28(41)42-3)10-5-4-6-18(29)27(40)37-13-9-17-19(31)7-8-21(43-15-20(34)24(25(32)33)36(2)35)23(17)26(37)38-16-30(11-12-30)14-22(38)39/h4-5,7-8,18,25-26H,6,9-16,34-35H2,1-3H3/b24-20-/t18-,26?,29-/m0/s1. The first kappa shape index (κ1) is 31.1. The van der Waals surface area contributed by atoms with Crippen molar-refractivity contribution >= 4 is 29.4 Å². The van der Waals surface area contributed by atoms with Crippen LogP contribution in [0.2, 0.25) is 5.02 Å². The topological polar surface area (TPSA) is 131 Å². The van der Waals surface area contributed by atoms with Gasteiger partial charge in [-0.25, -0.2) is 14.6 Å². The normalized spacial score (nSPS) is 26.4. The van der Waals surface area contributed by atoms with E-state index in [-0.39, 0.29) is 35.2 Å². The molecule has 2 amide bonds. The van der Waals surface area contributed by atoms with E-state index in [1.165, 1.54) is 14.2 Å². The van der Waals surface area contributed by atoms with Gasteiger partial charge in [-0.2, -0.15) is 0 Å². The van der Waals surface area contributed by atoms with E-state index in [0.29, 0.717) is 48.4 Å². The van der Waals surface area contributed by atoms with Crippen molar-refractivity contribution in [1.82, 2.24) is 14.8 Å². The third kappa shape index (κ3) is 5.55. The number of esters is 1. The first-order valence-corrected chi connectivity index (χ1v) is 14.7. The molecule has 4 N–H and O–H groups in total. The van der Waals surface area contributed by atoms with Gasteiger partial charge in [0.05, 0.1) is 24.1 Å². The summed E-state index contributed by atoms with van der Waals surface area (Å²) in [5, 5.41) is 1.18. The molecule has 1 saturated carbocycles. The number of halogens is 3. The number of alkyl halides is 2. The minimum Gasteiger partial charge on any atom is -0.487 e. The summed E-state index contributed by atoms with van der Waals surface area (Å²) >= 11 is 6.68. The number of carbonyl (C=O) groups is 3. The van der Waals surface area contributed by atoms with Crippen molar-refractivity contribution in [2.45, 2.75) is 58.0 Å². The predicted molar refractivity (Wildman–Crippen MR) is 154 cm³/mol. The van der Waals surface area contributed by atoms with Gasteiger partial charge in [0, 0.05) is 37.1 Å². The quantitative estimate of drug-likeness (QED) is 0.195. The van der Waals surface area contributed by atoms with Crippen LogP contribution in [-0.4, -0.2) is 72.9 Å². The van der Waals surface area contributed by atoms with Crippen LogP contribution in [0.5, 0.6) is 5.75 Å². The molecular weight excluding hydrogens is 584 g/mol. The molecule has 1 saturated heterocycles. The lowest BCUT2D eigenvalue weighted by molar-refractivity contribution is -0.165. The summed E-state index contributed by atoms with van der Waals surface area (Å²) < 4.78 is 38.4. The number of amides is 2. The van der Waals surface area contributed by atoms with Crippen molar-refractivity contribution in [1.29, 1.82) is 0 Å². The van der Waals surface area contributed by atoms with Crippen LogP contribution in [0.15, 0.2) is 35.7 Å². The fourth-order valence-corrected chi connectivity index (χ4v) is 7.01. The monoisotopic (exact) mass is 621 g/mol. The van der Waals surface area contributed by atoms with Crippen molar-refractivity contribution < 1.29 is 32.6 Å². The third-order valence-corrected chi connectivity index (χ3v) is 9.76. The first-order valence-electron chi connectivity index (χ1n) is 14.4. The van der Waals surface area contributed by atoms with Crippen LogP contribution in [-0.2, 0) is 25.5 Å². The number of ether oxygens (including phenoxy) is 2. The zero-order valence-corrected chi connectivity index (χ0v) is 25.3. The second kappa shape index (κ2) is 11.6. The summed E-state index contributed by atoms with van der Waals surface area (Å²) in [5.74, 6) is 4.26. The van der Waals surface area contributed by atoms with Gasteiger partial charge in [-0.1, -0.05) is 23.8 Å². The summed E-state index contributed by atoms with van der Waals surface area (Å²) in [7, 11) is 2.56. The molecule has 2 aliphatic carbocycles. The summed E-state index contributed by atoms with van der Waals surface area (Å²) in [6.45, 7) is 2.03. The van der Waals surface area contributed by atoms with Gasteiger partial charge in [-0.3, -0.25) is 14.4 Å². The van der Waals surface area contributed by atoms with E-state index >= 15 is 0 Å². The molecule has 0 aromatic heterocycles. The lowest BCUT2D eigenvalue weighted by atomic mass is 9.69. The van der Waals surface area contributed by atoms with E-state index < -0.39 is 42.2 Å². The SMILES string of the molecule is COC(=O)[C@@]1(C)CC=CC[C@H]1C(=O)N1CCc2c(Cl)ccc(OC/C(N)=C(\C(F)F)N(C)N)c2C1N1CC2(CC2)CC1=O. The fourth-order valence-electron chi connectivity index (χ4n) is 6.75. The first-order chi connectivity index (χ1) is 20.3. The molecule has 4 aliphatic rings. The highest BCUT2D eigenvalue weighted by Crippen LogP contribution is 2.56. The van der Waals surface area contributed by atoms with Gasteiger partial charge in [-0.05, 0) is 62.1 Å². The summed E-state index contributed by atoms with van der Waals surface area (Å²) in [4.78, 5) is 44.4. The number of benzene rings is 1. The molecule has 10 nitrogen and oxygen atoms in total. The smallest absolute Gasteiger partial charge is 0.312 e. The van der Waals surface area contributed by atoms with Crippen LogP contribution in [0.4, 0.5) is 8.78 Å². The Balaban J connectivity index is 1.58. The number of nitrogens with two attached hydrogens (primary N) is 2. The van der Waals surface area contributed by atoms with Crippen LogP contribution < -0.4 is 16.3 Å². The lowest BCUT2D eigenvalue weighted by Gasteiger charge is -2.46.